The average molecular weight is 534 g/mol. The molecule has 210 valence electrons. The fraction of sp³-hybridized carbons (Fsp3) is 0.297. The maximum atomic E-state index is 9.13. The summed E-state index contributed by atoms with van der Waals surface area (Å²) in [6.07, 6.45) is 23.3. The molecule has 0 aliphatic heterocycles. The van der Waals surface area contributed by atoms with Crippen molar-refractivity contribution in [3.05, 3.63) is 136 Å². The van der Waals surface area contributed by atoms with E-state index < -0.39 is 0 Å². The van der Waals surface area contributed by atoms with E-state index in [1.165, 1.54) is 33.4 Å². The molecule has 1 rings (SSSR count). The zero-order chi connectivity index (χ0) is 30.1. The zero-order valence-electron chi connectivity index (χ0n) is 25.9. The average Bonchev–Trinajstić information content (AvgIpc) is 2.93. The SMILES string of the molecule is C=C(C#N)C(/C=N\N(C)/C(C)=C/C/C=C\C(=C)c1cccc(C)c1CC=C/C(C)=C(C)/C=C(C)\C=C/C)=C\CC. The highest BCUT2D eigenvalue weighted by Crippen LogP contribution is 2.24. The van der Waals surface area contributed by atoms with Gasteiger partial charge >= 0.3 is 0 Å². The molecule has 0 amide bonds. The topological polar surface area (TPSA) is 39.4 Å². The lowest BCUT2D eigenvalue weighted by Gasteiger charge is -2.13. The third-order valence-electron chi connectivity index (χ3n) is 6.60. The highest BCUT2D eigenvalue weighted by atomic mass is 15.4. The van der Waals surface area contributed by atoms with Crippen LogP contribution in [-0.2, 0) is 6.42 Å². The fourth-order valence-electron chi connectivity index (χ4n) is 3.97. The molecule has 0 N–H and O–H groups in total. The van der Waals surface area contributed by atoms with Crippen LogP contribution in [0.1, 0.15) is 71.1 Å². The smallest absolute Gasteiger partial charge is 0.0992 e. The molecule has 0 saturated carbocycles. The van der Waals surface area contributed by atoms with Crippen LogP contribution in [0.5, 0.6) is 0 Å². The summed E-state index contributed by atoms with van der Waals surface area (Å²) >= 11 is 0. The van der Waals surface area contributed by atoms with Crippen LogP contribution in [-0.4, -0.2) is 18.3 Å². The summed E-state index contributed by atoms with van der Waals surface area (Å²) in [5.41, 5.74) is 10.7. The minimum absolute atomic E-state index is 0.419. The van der Waals surface area contributed by atoms with Gasteiger partial charge in [-0.15, -0.1) is 0 Å². The van der Waals surface area contributed by atoms with Gasteiger partial charge in [0.25, 0.3) is 0 Å². The Balaban J connectivity index is 2.95. The van der Waals surface area contributed by atoms with Gasteiger partial charge in [-0.1, -0.05) is 98.5 Å². The van der Waals surface area contributed by atoms with Crippen molar-refractivity contribution in [2.45, 2.75) is 67.7 Å². The van der Waals surface area contributed by atoms with Crippen LogP contribution in [0.3, 0.4) is 0 Å². The maximum absolute atomic E-state index is 9.13. The molecular formula is C37H47N3. The van der Waals surface area contributed by atoms with Crippen molar-refractivity contribution in [3.63, 3.8) is 0 Å². The first-order valence-electron chi connectivity index (χ1n) is 13.9. The lowest BCUT2D eigenvalue weighted by Crippen LogP contribution is -2.08. The predicted octanol–water partition coefficient (Wildman–Crippen LogP) is 10.1. The normalized spacial score (nSPS) is 13.9. The molecule has 0 spiro atoms. The van der Waals surface area contributed by atoms with Gasteiger partial charge in [-0.2, -0.15) is 10.4 Å². The van der Waals surface area contributed by atoms with E-state index in [4.69, 9.17) is 5.26 Å². The minimum atomic E-state index is 0.419. The van der Waals surface area contributed by atoms with Crippen molar-refractivity contribution < 1.29 is 0 Å². The van der Waals surface area contributed by atoms with Crippen molar-refractivity contribution in [2.75, 3.05) is 7.05 Å². The largest absolute Gasteiger partial charge is 0.273 e. The predicted molar refractivity (Wildman–Crippen MR) is 177 cm³/mol. The molecule has 0 aliphatic rings. The molecule has 3 heteroatoms. The van der Waals surface area contributed by atoms with Crippen molar-refractivity contribution in [1.29, 1.82) is 5.26 Å². The molecule has 0 radical (unpaired) electrons. The number of rotatable bonds is 14. The van der Waals surface area contributed by atoms with Gasteiger partial charge in [-0.3, -0.25) is 5.01 Å². The molecule has 0 bridgehead atoms. The van der Waals surface area contributed by atoms with E-state index in [1.807, 2.05) is 33.9 Å². The Morgan fingerprint density at radius 3 is 2.40 bits per heavy atom. The summed E-state index contributed by atoms with van der Waals surface area (Å²) < 4.78 is 0. The van der Waals surface area contributed by atoms with E-state index >= 15 is 0 Å². The zero-order valence-corrected chi connectivity index (χ0v) is 25.9. The Morgan fingerprint density at radius 2 is 1.75 bits per heavy atom. The van der Waals surface area contributed by atoms with Gasteiger partial charge in [-0.05, 0) is 94.2 Å². The first-order chi connectivity index (χ1) is 19.0. The van der Waals surface area contributed by atoms with Gasteiger partial charge in [0.2, 0.25) is 0 Å². The third kappa shape index (κ3) is 11.7. The number of aryl methyl sites for hydroxylation is 1. The summed E-state index contributed by atoms with van der Waals surface area (Å²) in [7, 11) is 1.90. The van der Waals surface area contributed by atoms with E-state index in [0.717, 1.165) is 36.1 Å². The van der Waals surface area contributed by atoms with Gasteiger partial charge in [0.05, 0.1) is 17.9 Å². The van der Waals surface area contributed by atoms with Crippen LogP contribution >= 0.6 is 0 Å². The number of hydrogen-bond donors (Lipinski definition) is 0. The molecule has 0 saturated heterocycles. The molecule has 0 aromatic heterocycles. The summed E-state index contributed by atoms with van der Waals surface area (Å²) in [4.78, 5) is 0. The summed E-state index contributed by atoms with van der Waals surface area (Å²) in [5, 5.41) is 15.4. The minimum Gasteiger partial charge on any atom is -0.273 e. The van der Waals surface area contributed by atoms with E-state index in [1.54, 1.807) is 11.2 Å². The fourth-order valence-corrected chi connectivity index (χ4v) is 3.97. The second-order valence-corrected chi connectivity index (χ2v) is 9.90. The number of hydrogen-bond acceptors (Lipinski definition) is 3. The second kappa shape index (κ2) is 18.2. The highest BCUT2D eigenvalue weighted by molar-refractivity contribution is 5.86. The lowest BCUT2D eigenvalue weighted by atomic mass is 9.93. The van der Waals surface area contributed by atoms with Crippen molar-refractivity contribution in [2.24, 2.45) is 5.10 Å². The Labute approximate surface area is 244 Å². The summed E-state index contributed by atoms with van der Waals surface area (Å²) in [6.45, 7) is 22.8. The third-order valence-corrected chi connectivity index (χ3v) is 6.60. The number of hydrazone groups is 1. The summed E-state index contributed by atoms with van der Waals surface area (Å²) in [5.74, 6) is 0. The molecule has 0 unspecified atom stereocenters. The Kier molecular flexibility index (Phi) is 15.4. The Hall–Kier alpha value is -4.16. The molecule has 0 aliphatic carbocycles. The molecule has 0 atom stereocenters. The van der Waals surface area contributed by atoms with Crippen LogP contribution in [0, 0.1) is 18.3 Å². The molecule has 40 heavy (non-hydrogen) atoms. The first kappa shape index (κ1) is 33.9. The number of benzene rings is 1. The lowest BCUT2D eigenvalue weighted by molar-refractivity contribution is 0.448. The van der Waals surface area contributed by atoms with Crippen molar-refractivity contribution in [3.8, 4) is 6.07 Å². The number of nitriles is 1. The first-order valence-corrected chi connectivity index (χ1v) is 13.9. The van der Waals surface area contributed by atoms with Gasteiger partial charge in [0.1, 0.15) is 0 Å². The molecule has 1 aromatic carbocycles. The van der Waals surface area contributed by atoms with Crippen molar-refractivity contribution in [1.82, 2.24) is 5.01 Å². The number of nitrogens with zero attached hydrogens (tertiary/aromatic N) is 3. The van der Waals surface area contributed by atoms with Crippen LogP contribution < -0.4 is 0 Å². The maximum Gasteiger partial charge on any atom is 0.0992 e. The van der Waals surface area contributed by atoms with Gasteiger partial charge < -0.3 is 0 Å². The van der Waals surface area contributed by atoms with Crippen molar-refractivity contribution >= 4 is 11.8 Å². The Bertz CT molecular complexity index is 1330. The van der Waals surface area contributed by atoms with Gasteiger partial charge in [0, 0.05) is 18.3 Å². The molecule has 0 fully saturated rings. The monoisotopic (exact) mass is 533 g/mol. The van der Waals surface area contributed by atoms with E-state index in [-0.39, 0.29) is 0 Å². The summed E-state index contributed by atoms with van der Waals surface area (Å²) in [6, 6.07) is 8.51. The van der Waals surface area contributed by atoms with E-state index in [2.05, 4.69) is 119 Å². The molecular weight excluding hydrogens is 486 g/mol. The molecule has 1 aromatic rings. The quantitative estimate of drug-likeness (QED) is 0.103. The molecule has 3 nitrogen and oxygen atoms in total. The number of allylic oxidation sites excluding steroid dienone is 16. The highest BCUT2D eigenvalue weighted by Gasteiger charge is 2.06. The van der Waals surface area contributed by atoms with Crippen LogP contribution in [0.15, 0.2) is 125 Å². The van der Waals surface area contributed by atoms with Gasteiger partial charge in [-0.25, -0.2) is 0 Å². The van der Waals surface area contributed by atoms with E-state index in [0.29, 0.717) is 5.57 Å². The van der Waals surface area contributed by atoms with Crippen LogP contribution in [0.25, 0.3) is 5.57 Å². The molecule has 0 heterocycles. The van der Waals surface area contributed by atoms with Gasteiger partial charge in [0.15, 0.2) is 0 Å². The standard InChI is InChI=1S/C37H47N3/c1-11-17-28(3)25-32(7)29(4)20-15-23-37-31(6)21-16-24-36(37)30(5)19-13-14-22-34(9)40(10)39-27-35(18-12-2)33(8)26-38/h11,13,15-22,24-25,27H,5,8,12,14,23H2,1-4,6-7,9-10H3/b17-11-,19-13-,20-15?,28-25-,32-29+,34-22+,35-18-,39-27-. The van der Waals surface area contributed by atoms with Crippen LogP contribution in [0.2, 0.25) is 0 Å². The van der Waals surface area contributed by atoms with Crippen LogP contribution in [0.4, 0.5) is 0 Å². The second-order valence-electron chi connectivity index (χ2n) is 9.90. The van der Waals surface area contributed by atoms with E-state index in [9.17, 15) is 0 Å². The Morgan fingerprint density at radius 1 is 1.02 bits per heavy atom.